The number of hydrogen-bond donors (Lipinski definition) is 2. The Kier molecular flexibility index (Phi) is 7.67. The van der Waals surface area contributed by atoms with Crippen LogP contribution in [-0.2, 0) is 20.6 Å². The molecule has 0 saturated carbocycles. The average Bonchev–Trinajstić information content (AvgIpc) is 2.62. The largest absolute Gasteiger partial charge is 0.482 e. The normalized spacial score (nSPS) is 11.0. The third-order valence-corrected chi connectivity index (χ3v) is 5.16. The number of rotatable bonds is 9. The van der Waals surface area contributed by atoms with E-state index in [0.29, 0.717) is 27.0 Å². The molecule has 9 heteroatoms. The Balaban J connectivity index is 1.89. The van der Waals surface area contributed by atoms with E-state index in [1.54, 1.807) is 36.4 Å². The lowest BCUT2D eigenvalue weighted by atomic mass is 10.2. The molecule has 27 heavy (non-hydrogen) atoms. The molecule has 2 aromatic carbocycles. The predicted molar refractivity (Wildman–Crippen MR) is 108 cm³/mol. The molecule has 6 nitrogen and oxygen atoms in total. The van der Waals surface area contributed by atoms with Crippen molar-refractivity contribution in [3.8, 4) is 5.75 Å². The molecule has 0 aliphatic rings. The third kappa shape index (κ3) is 7.22. The van der Waals surface area contributed by atoms with Crippen molar-refractivity contribution < 1.29 is 17.9 Å². The van der Waals surface area contributed by atoms with E-state index < -0.39 is 10.0 Å². The molecule has 1 amide bonds. The summed E-state index contributed by atoms with van der Waals surface area (Å²) in [5.74, 6) is -0.239. The van der Waals surface area contributed by atoms with Gasteiger partial charge in [0, 0.05) is 23.3 Å². The molecule has 0 saturated heterocycles. The summed E-state index contributed by atoms with van der Waals surface area (Å²) in [5, 5.41) is 3.45. The summed E-state index contributed by atoms with van der Waals surface area (Å²) in [6.07, 6.45) is 1.47. The molecule has 2 aromatic rings. The van der Waals surface area contributed by atoms with E-state index >= 15 is 0 Å². The van der Waals surface area contributed by atoms with E-state index in [2.05, 4.69) is 16.6 Å². The van der Waals surface area contributed by atoms with Gasteiger partial charge in [0.15, 0.2) is 6.61 Å². The lowest BCUT2D eigenvalue weighted by Crippen LogP contribution is -2.25. The number of hydrogen-bond acceptors (Lipinski definition) is 4. The Hall–Kier alpha value is -2.06. The lowest BCUT2D eigenvalue weighted by Gasteiger charge is -2.10. The second kappa shape index (κ2) is 9.75. The van der Waals surface area contributed by atoms with Crippen molar-refractivity contribution in [1.29, 1.82) is 0 Å². The molecular weight excluding hydrogens is 411 g/mol. The molecule has 2 rings (SSSR count). The average molecular weight is 429 g/mol. The highest BCUT2D eigenvalue weighted by atomic mass is 35.5. The number of halogens is 2. The van der Waals surface area contributed by atoms with Crippen molar-refractivity contribution in [2.24, 2.45) is 0 Å². The van der Waals surface area contributed by atoms with E-state index in [1.165, 1.54) is 12.1 Å². The van der Waals surface area contributed by atoms with Crippen molar-refractivity contribution in [3.63, 3.8) is 0 Å². The minimum Gasteiger partial charge on any atom is -0.482 e. The first-order chi connectivity index (χ1) is 12.8. The number of anilines is 1. The van der Waals surface area contributed by atoms with Crippen LogP contribution in [0.3, 0.4) is 0 Å². The molecule has 0 atom stereocenters. The lowest BCUT2D eigenvalue weighted by molar-refractivity contribution is -0.118. The predicted octanol–water partition coefficient (Wildman–Crippen LogP) is 3.62. The summed E-state index contributed by atoms with van der Waals surface area (Å²) in [5.41, 5.74) is 1.10. The van der Waals surface area contributed by atoms with E-state index in [0.717, 1.165) is 0 Å². The summed E-state index contributed by atoms with van der Waals surface area (Å²) in [6.45, 7) is 3.39. The molecule has 0 aliphatic heterocycles. The van der Waals surface area contributed by atoms with Crippen LogP contribution in [0.15, 0.2) is 55.1 Å². The standard InChI is InChI=1S/C18H18Cl2N2O4S/c1-2-9-21-27(24,25)12-13-3-6-15(7-4-13)22-18(23)11-26-17-10-14(19)5-8-16(17)20/h2-8,10,21H,1,9,11-12H2,(H,22,23). The zero-order chi connectivity index (χ0) is 19.9. The van der Waals surface area contributed by atoms with Crippen LogP contribution in [0.5, 0.6) is 5.75 Å². The maximum Gasteiger partial charge on any atom is 0.262 e. The zero-order valence-electron chi connectivity index (χ0n) is 14.2. The maximum atomic E-state index is 12.0. The van der Waals surface area contributed by atoms with Gasteiger partial charge in [-0.25, -0.2) is 13.1 Å². The summed E-state index contributed by atoms with van der Waals surface area (Å²) >= 11 is 11.8. The number of amides is 1. The Labute approximate surface area is 168 Å². The maximum absolute atomic E-state index is 12.0. The zero-order valence-corrected chi connectivity index (χ0v) is 16.6. The highest BCUT2D eigenvalue weighted by Gasteiger charge is 2.11. The molecule has 2 N–H and O–H groups in total. The van der Waals surface area contributed by atoms with Gasteiger partial charge in [-0.15, -0.1) is 6.58 Å². The van der Waals surface area contributed by atoms with Crippen LogP contribution in [0.4, 0.5) is 5.69 Å². The van der Waals surface area contributed by atoms with Gasteiger partial charge in [-0.05, 0) is 29.8 Å². The second-order valence-corrected chi connectivity index (χ2v) is 8.16. The number of nitrogens with one attached hydrogen (secondary N) is 2. The molecule has 0 spiro atoms. The summed E-state index contributed by atoms with van der Waals surface area (Å²) in [6, 6.07) is 11.2. The summed E-state index contributed by atoms with van der Waals surface area (Å²) in [4.78, 5) is 12.0. The van der Waals surface area contributed by atoms with Crippen molar-refractivity contribution in [1.82, 2.24) is 4.72 Å². The van der Waals surface area contributed by atoms with Gasteiger partial charge in [-0.2, -0.15) is 0 Å². The second-order valence-electron chi connectivity index (χ2n) is 5.50. The smallest absolute Gasteiger partial charge is 0.262 e. The van der Waals surface area contributed by atoms with E-state index in [-0.39, 0.29) is 24.8 Å². The Morgan fingerprint density at radius 2 is 1.85 bits per heavy atom. The van der Waals surface area contributed by atoms with E-state index in [4.69, 9.17) is 27.9 Å². The van der Waals surface area contributed by atoms with Gasteiger partial charge in [0.1, 0.15) is 5.75 Å². The van der Waals surface area contributed by atoms with Crippen molar-refractivity contribution >= 4 is 44.8 Å². The molecule has 0 aliphatic carbocycles. The molecule has 0 bridgehead atoms. The van der Waals surface area contributed by atoms with E-state index in [1.807, 2.05) is 0 Å². The highest BCUT2D eigenvalue weighted by molar-refractivity contribution is 7.88. The van der Waals surface area contributed by atoms with Crippen LogP contribution < -0.4 is 14.8 Å². The van der Waals surface area contributed by atoms with Gasteiger partial charge in [0.2, 0.25) is 10.0 Å². The fourth-order valence-corrected chi connectivity index (χ4v) is 3.51. The minimum atomic E-state index is -3.43. The molecule has 0 aromatic heterocycles. The van der Waals surface area contributed by atoms with Crippen molar-refractivity contribution in [3.05, 3.63) is 70.7 Å². The molecule has 0 heterocycles. The first-order valence-electron chi connectivity index (χ1n) is 7.84. The number of benzene rings is 2. The SMILES string of the molecule is C=CCNS(=O)(=O)Cc1ccc(NC(=O)COc2cc(Cl)ccc2Cl)cc1. The number of ether oxygens (including phenoxy) is 1. The van der Waals surface area contributed by atoms with Gasteiger partial charge in [-0.1, -0.05) is 41.4 Å². The number of carbonyl (C=O) groups excluding carboxylic acids is 1. The fourth-order valence-electron chi connectivity index (χ4n) is 2.07. The molecule has 0 unspecified atom stereocenters. The molecular formula is C18H18Cl2N2O4S. The topological polar surface area (TPSA) is 84.5 Å². The van der Waals surface area contributed by atoms with Crippen molar-refractivity contribution in [2.75, 3.05) is 18.5 Å². The Bertz CT molecular complexity index is 915. The van der Waals surface area contributed by atoms with Crippen LogP contribution in [-0.4, -0.2) is 27.5 Å². The first-order valence-corrected chi connectivity index (χ1v) is 10.2. The molecule has 144 valence electrons. The van der Waals surface area contributed by atoms with Crippen LogP contribution in [0.1, 0.15) is 5.56 Å². The highest BCUT2D eigenvalue weighted by Crippen LogP contribution is 2.27. The monoisotopic (exact) mass is 428 g/mol. The van der Waals surface area contributed by atoms with Crippen LogP contribution >= 0.6 is 23.2 Å². The van der Waals surface area contributed by atoms with Crippen molar-refractivity contribution in [2.45, 2.75) is 5.75 Å². The third-order valence-electron chi connectivity index (χ3n) is 3.29. The van der Waals surface area contributed by atoms with E-state index in [9.17, 15) is 13.2 Å². The fraction of sp³-hybridized carbons (Fsp3) is 0.167. The van der Waals surface area contributed by atoms with Crippen LogP contribution in [0, 0.1) is 0 Å². The van der Waals surface area contributed by atoms with Crippen LogP contribution in [0.2, 0.25) is 10.0 Å². The molecule has 0 fully saturated rings. The molecule has 0 radical (unpaired) electrons. The number of sulfonamides is 1. The van der Waals surface area contributed by atoms with Gasteiger partial charge in [-0.3, -0.25) is 4.79 Å². The van der Waals surface area contributed by atoms with Gasteiger partial charge >= 0.3 is 0 Å². The summed E-state index contributed by atoms with van der Waals surface area (Å²) in [7, 11) is -3.43. The van der Waals surface area contributed by atoms with Crippen LogP contribution in [0.25, 0.3) is 0 Å². The van der Waals surface area contributed by atoms with Gasteiger partial charge in [0.05, 0.1) is 10.8 Å². The summed E-state index contributed by atoms with van der Waals surface area (Å²) < 4.78 is 31.4. The Morgan fingerprint density at radius 3 is 2.52 bits per heavy atom. The minimum absolute atomic E-state index is 0.161. The number of carbonyl (C=O) groups is 1. The van der Waals surface area contributed by atoms with Gasteiger partial charge < -0.3 is 10.1 Å². The first kappa shape index (κ1) is 21.2. The van der Waals surface area contributed by atoms with Gasteiger partial charge in [0.25, 0.3) is 5.91 Å². The quantitative estimate of drug-likeness (QED) is 0.597. The Morgan fingerprint density at radius 1 is 1.15 bits per heavy atom.